The number of benzene rings is 3. The highest BCUT2D eigenvalue weighted by atomic mass is 79.9. The molecule has 0 heterocycles. The second-order valence-electron chi connectivity index (χ2n) is 8.79. The molecule has 0 fully saturated rings. The maximum atomic E-state index is 13.5. The van der Waals surface area contributed by atoms with Crippen LogP contribution in [0.4, 0.5) is 13.2 Å². The van der Waals surface area contributed by atoms with Crippen molar-refractivity contribution >= 4 is 43.6 Å². The highest BCUT2D eigenvalue weighted by Gasteiger charge is 2.31. The summed E-state index contributed by atoms with van der Waals surface area (Å²) in [4.78, 5) is 24.6. The van der Waals surface area contributed by atoms with Crippen LogP contribution in [0.1, 0.15) is 52.4 Å². The summed E-state index contributed by atoms with van der Waals surface area (Å²) in [5.41, 5.74) is 5.87. The van der Waals surface area contributed by atoms with Crippen LogP contribution in [0.25, 0.3) is 0 Å². The Kier molecular flexibility index (Phi) is 9.27. The zero-order valence-corrected chi connectivity index (χ0v) is 23.7. The number of methoxy groups -OCH3 is 1. The largest absolute Gasteiger partial charge is 0.496 e. The minimum Gasteiger partial charge on any atom is -0.496 e. The van der Waals surface area contributed by atoms with Crippen LogP contribution < -0.4 is 15.2 Å². The van der Waals surface area contributed by atoms with Crippen LogP contribution >= 0.6 is 31.9 Å². The number of halogens is 5. The summed E-state index contributed by atoms with van der Waals surface area (Å²) in [5, 5.41) is 9.11. The van der Waals surface area contributed by atoms with Crippen molar-refractivity contribution in [3.8, 4) is 17.2 Å². The van der Waals surface area contributed by atoms with Gasteiger partial charge in [0.05, 0.1) is 27.2 Å². The molecule has 3 N–H and O–H groups in total. The Morgan fingerprint density at radius 3 is 2.18 bits per heavy atom. The molecule has 0 aliphatic rings. The van der Waals surface area contributed by atoms with E-state index in [2.05, 4.69) is 31.9 Å². The number of carboxylic acid groups (broad SMARTS) is 1. The summed E-state index contributed by atoms with van der Waals surface area (Å²) in [6.07, 6.45) is -4.55. The van der Waals surface area contributed by atoms with Gasteiger partial charge in [-0.25, -0.2) is 0 Å². The van der Waals surface area contributed by atoms with Crippen LogP contribution in [-0.4, -0.2) is 30.0 Å². The lowest BCUT2D eigenvalue weighted by molar-refractivity contribution is -0.139. The van der Waals surface area contributed by atoms with Crippen LogP contribution in [0.2, 0.25) is 0 Å². The van der Waals surface area contributed by atoms with Gasteiger partial charge in [0, 0.05) is 11.1 Å². The van der Waals surface area contributed by atoms with Crippen molar-refractivity contribution in [2.75, 3.05) is 7.11 Å². The summed E-state index contributed by atoms with van der Waals surface area (Å²) < 4.78 is 52.4. The van der Waals surface area contributed by atoms with Gasteiger partial charge in [0.25, 0.3) is 0 Å². The molecule has 6 nitrogen and oxygen atoms in total. The van der Waals surface area contributed by atoms with E-state index < -0.39 is 29.5 Å². The number of carboxylic acids is 1. The van der Waals surface area contributed by atoms with Crippen LogP contribution in [0.3, 0.4) is 0 Å². The summed E-state index contributed by atoms with van der Waals surface area (Å²) in [6, 6.07) is 9.42. The van der Waals surface area contributed by atoms with Gasteiger partial charge in [-0.15, -0.1) is 0 Å². The third-order valence-corrected chi connectivity index (χ3v) is 6.87. The molecule has 11 heteroatoms. The Hall–Kier alpha value is -2.89. The van der Waals surface area contributed by atoms with E-state index in [-0.39, 0.29) is 35.0 Å². The Morgan fingerprint density at radius 1 is 1.03 bits per heavy atom. The molecule has 0 radical (unpaired) electrons. The molecule has 3 aromatic rings. The molecule has 0 spiro atoms. The highest BCUT2D eigenvalue weighted by Crippen LogP contribution is 2.42. The average Bonchev–Trinajstić information content (AvgIpc) is 2.84. The quantitative estimate of drug-likeness (QED) is 0.234. The normalized spacial score (nSPS) is 12.4. The number of hydrogen-bond acceptors (Lipinski definition) is 5. The lowest BCUT2D eigenvalue weighted by Crippen LogP contribution is -2.32. The van der Waals surface area contributed by atoms with Crippen molar-refractivity contribution in [2.24, 2.45) is 5.73 Å². The fourth-order valence-corrected chi connectivity index (χ4v) is 5.18. The van der Waals surface area contributed by atoms with E-state index in [1.807, 2.05) is 13.8 Å². The van der Waals surface area contributed by atoms with Crippen LogP contribution in [0, 0.1) is 0 Å². The third kappa shape index (κ3) is 6.75. The zero-order chi connectivity index (χ0) is 28.4. The molecule has 1 atom stereocenters. The molecule has 0 unspecified atom stereocenters. The minimum absolute atomic E-state index is 0.00125. The highest BCUT2D eigenvalue weighted by molar-refractivity contribution is 9.11. The molecule has 3 aromatic carbocycles. The molecule has 0 bridgehead atoms. The molecular weight excluding hydrogens is 635 g/mol. The van der Waals surface area contributed by atoms with Gasteiger partial charge in [0.2, 0.25) is 0 Å². The van der Waals surface area contributed by atoms with E-state index in [1.54, 1.807) is 18.2 Å². The first-order chi connectivity index (χ1) is 17.7. The fraction of sp³-hybridized carbons (Fsp3) is 0.259. The predicted molar refractivity (Wildman–Crippen MR) is 143 cm³/mol. The van der Waals surface area contributed by atoms with E-state index >= 15 is 0 Å². The molecule has 0 saturated heterocycles. The predicted octanol–water partition coefficient (Wildman–Crippen LogP) is 7.34. The number of alkyl halides is 3. The number of aliphatic carboxylic acids is 1. The van der Waals surface area contributed by atoms with Gasteiger partial charge < -0.3 is 20.3 Å². The standard InChI is InChI=1S/C27H24Br2F3NO5/c1-13(2)17-11-23(38-25-19(28)7-14(8-20(25)29)9-21(33)26(35)36)18(12-22(17)37-3)24(34)15-5-4-6-16(10-15)27(30,31)32/h4-8,10-13,21H,9,33H2,1-3H3,(H,35,36)/t21-/m0/s1. The van der Waals surface area contributed by atoms with Crippen molar-refractivity contribution in [2.45, 2.75) is 38.4 Å². The third-order valence-electron chi connectivity index (χ3n) is 5.69. The Labute approximate surface area is 234 Å². The Morgan fingerprint density at radius 2 is 1.66 bits per heavy atom. The van der Waals surface area contributed by atoms with Gasteiger partial charge in [-0.05, 0) is 86.2 Å². The molecule has 0 aliphatic carbocycles. The molecule has 38 heavy (non-hydrogen) atoms. The van der Waals surface area contributed by atoms with E-state index in [1.165, 1.54) is 25.3 Å². The summed E-state index contributed by atoms with van der Waals surface area (Å²) in [7, 11) is 1.44. The summed E-state index contributed by atoms with van der Waals surface area (Å²) in [5.74, 6) is -1.09. The minimum atomic E-state index is -4.62. The van der Waals surface area contributed by atoms with Crippen LogP contribution in [0.15, 0.2) is 57.5 Å². The van der Waals surface area contributed by atoms with E-state index in [0.29, 0.717) is 20.3 Å². The van der Waals surface area contributed by atoms with E-state index in [0.717, 1.165) is 17.7 Å². The van der Waals surface area contributed by atoms with E-state index in [9.17, 15) is 22.8 Å². The zero-order valence-electron chi connectivity index (χ0n) is 20.5. The van der Waals surface area contributed by atoms with Gasteiger partial charge in [0.1, 0.15) is 17.5 Å². The van der Waals surface area contributed by atoms with Crippen LogP contribution in [-0.2, 0) is 17.4 Å². The van der Waals surface area contributed by atoms with Gasteiger partial charge in [-0.2, -0.15) is 13.2 Å². The molecule has 0 amide bonds. The van der Waals surface area contributed by atoms with Gasteiger partial charge in [-0.3, -0.25) is 9.59 Å². The average molecular weight is 659 g/mol. The fourth-order valence-electron chi connectivity index (χ4n) is 3.74. The first-order valence-corrected chi connectivity index (χ1v) is 12.9. The molecule has 3 rings (SSSR count). The number of rotatable bonds is 9. The molecule has 0 aliphatic heterocycles. The first-order valence-electron chi connectivity index (χ1n) is 11.3. The van der Waals surface area contributed by atoms with Crippen molar-refractivity contribution < 1.29 is 37.3 Å². The maximum absolute atomic E-state index is 13.5. The SMILES string of the molecule is COc1cc(C(=O)c2cccc(C(F)(F)F)c2)c(Oc2c(Br)cc(C[C@H](N)C(=O)O)cc2Br)cc1C(C)C. The second kappa shape index (κ2) is 11.9. The number of carbonyl (C=O) groups excluding carboxylic acids is 1. The molecule has 0 saturated carbocycles. The van der Waals surface area contributed by atoms with Crippen molar-refractivity contribution in [1.82, 2.24) is 0 Å². The second-order valence-corrected chi connectivity index (χ2v) is 10.5. The summed E-state index contributed by atoms with van der Waals surface area (Å²) >= 11 is 6.84. The molecule has 0 aromatic heterocycles. The number of ketones is 1. The number of nitrogens with two attached hydrogens (primary N) is 1. The number of carbonyl (C=O) groups is 2. The van der Waals surface area contributed by atoms with Crippen LogP contribution in [0.5, 0.6) is 17.2 Å². The Balaban J connectivity index is 2.12. The topological polar surface area (TPSA) is 98.9 Å². The van der Waals surface area contributed by atoms with E-state index in [4.69, 9.17) is 20.3 Å². The van der Waals surface area contributed by atoms with Gasteiger partial charge in [0.15, 0.2) is 11.5 Å². The smallest absolute Gasteiger partial charge is 0.416 e. The molecule has 202 valence electrons. The van der Waals surface area contributed by atoms with Gasteiger partial charge in [-0.1, -0.05) is 26.0 Å². The summed E-state index contributed by atoms with van der Waals surface area (Å²) in [6.45, 7) is 3.84. The lowest BCUT2D eigenvalue weighted by Gasteiger charge is -2.19. The number of ether oxygens (including phenoxy) is 2. The lowest BCUT2D eigenvalue weighted by atomic mass is 9.95. The number of hydrogen-bond donors (Lipinski definition) is 2. The molecular formula is C27H24Br2F3NO5. The Bertz CT molecular complexity index is 1350. The maximum Gasteiger partial charge on any atom is 0.416 e. The van der Waals surface area contributed by atoms with Gasteiger partial charge >= 0.3 is 12.1 Å². The van der Waals surface area contributed by atoms with Crippen molar-refractivity contribution in [3.63, 3.8) is 0 Å². The monoisotopic (exact) mass is 657 g/mol. The van der Waals surface area contributed by atoms with Crippen molar-refractivity contribution in [3.05, 3.63) is 85.3 Å². The van der Waals surface area contributed by atoms with Crippen molar-refractivity contribution in [1.29, 1.82) is 0 Å². The first kappa shape index (κ1) is 29.7.